The third-order valence-corrected chi connectivity index (χ3v) is 15.1. The molecule has 0 aliphatic heterocycles. The molecule has 0 heterocycles. The summed E-state index contributed by atoms with van der Waals surface area (Å²) in [5, 5.41) is 21.0. The Balaban J connectivity index is -0.00000136. The fraction of sp³-hybridized carbons (Fsp3) is 0.939. The minimum absolute atomic E-state index is 0. The number of carbonyl (C=O) groups excluding carboxylic acids is 4. The maximum absolute atomic E-state index is 12.5. The maximum atomic E-state index is 12.5. The van der Waals surface area contributed by atoms with Gasteiger partial charge in [0, 0.05) is 24.8 Å². The Kier molecular flexibility index (Phi) is 69.2. The fourth-order valence-corrected chi connectivity index (χ4v) is 10.2. The van der Waals surface area contributed by atoms with E-state index in [1.54, 1.807) is 0 Å². The van der Waals surface area contributed by atoms with Gasteiger partial charge in [0.05, 0.1) is 0 Å². The van der Waals surface area contributed by atoms with Gasteiger partial charge < -0.3 is 29.3 Å². The van der Waals surface area contributed by atoms with Crippen molar-refractivity contribution in [1.29, 1.82) is 0 Å². The minimum atomic E-state index is -0.949. The molecular formula is C66H126O8Zn. The van der Waals surface area contributed by atoms with Crippen LogP contribution in [0.2, 0.25) is 0 Å². The molecule has 0 saturated carbocycles. The molecule has 0 fully saturated rings. The molecule has 0 bridgehead atoms. The number of aliphatic carboxylic acids is 2. The van der Waals surface area contributed by atoms with Crippen molar-refractivity contribution in [3.8, 4) is 0 Å². The van der Waals surface area contributed by atoms with E-state index >= 15 is 0 Å². The van der Waals surface area contributed by atoms with Gasteiger partial charge in [-0.05, 0) is 89.9 Å². The summed E-state index contributed by atoms with van der Waals surface area (Å²) in [4.78, 5) is 46.0. The van der Waals surface area contributed by atoms with Gasteiger partial charge in [-0.3, -0.25) is 9.59 Å². The van der Waals surface area contributed by atoms with Crippen LogP contribution in [0.5, 0.6) is 0 Å². The Labute approximate surface area is 479 Å². The van der Waals surface area contributed by atoms with Gasteiger partial charge in [-0.15, -0.1) is 0 Å². The number of rotatable bonds is 60. The van der Waals surface area contributed by atoms with E-state index in [1.165, 1.54) is 205 Å². The Morgan fingerprint density at radius 3 is 0.600 bits per heavy atom. The van der Waals surface area contributed by atoms with Gasteiger partial charge >= 0.3 is 31.4 Å². The smallest absolute Gasteiger partial charge is 0.550 e. The monoisotopic (exact) mass is 1110 g/mol. The standard InChI is InChI=1S/2C33H64O4.Zn/c2*1-3-5-7-9-11-12-13-14-15-17-22-26-30-33(36)37-31(27-23-19-16-10-8-6-4-2)28-24-20-18-21-25-29-32(34)35;/h2*31H,3-30H2,1-2H3,(H,34,35);/q;;+2/p-2. The molecule has 8 nitrogen and oxygen atoms in total. The van der Waals surface area contributed by atoms with Crippen LogP contribution in [0.15, 0.2) is 0 Å². The van der Waals surface area contributed by atoms with E-state index in [4.69, 9.17) is 9.47 Å². The first-order valence-corrected chi connectivity index (χ1v) is 33.0. The molecule has 75 heavy (non-hydrogen) atoms. The number of hydrogen-bond donors (Lipinski definition) is 0. The quantitative estimate of drug-likeness (QED) is 0.0334. The Morgan fingerprint density at radius 2 is 0.413 bits per heavy atom. The SMILES string of the molecule is CCCCCCCCCCCCCCC(=O)OC(CCCCCCCCC)CCCCCCCC(=O)[O-].CCCCCCCCCCCCCCC(=O)OC(CCCCCCCCC)CCCCCCCC(=O)[O-].[Zn+2]. The molecule has 440 valence electrons. The summed E-state index contributed by atoms with van der Waals surface area (Å²) in [6.07, 6.45) is 64.3. The Morgan fingerprint density at radius 1 is 0.253 bits per heavy atom. The van der Waals surface area contributed by atoms with Crippen LogP contribution in [-0.2, 0) is 48.1 Å². The van der Waals surface area contributed by atoms with Gasteiger partial charge in [-0.25, -0.2) is 0 Å². The predicted molar refractivity (Wildman–Crippen MR) is 311 cm³/mol. The zero-order valence-corrected chi connectivity index (χ0v) is 53.7. The summed E-state index contributed by atoms with van der Waals surface area (Å²) in [6.45, 7) is 9.04. The number of carbonyl (C=O) groups is 4. The molecule has 9 heteroatoms. The predicted octanol–water partition coefficient (Wildman–Crippen LogP) is 19.2. The first kappa shape index (κ1) is 77.7. The van der Waals surface area contributed by atoms with Crippen molar-refractivity contribution in [2.75, 3.05) is 0 Å². The van der Waals surface area contributed by atoms with Crippen molar-refractivity contribution in [3.63, 3.8) is 0 Å². The second-order valence-corrected chi connectivity index (χ2v) is 22.7. The Bertz CT molecular complexity index is 1080. The van der Waals surface area contributed by atoms with Crippen LogP contribution in [-0.4, -0.2) is 36.1 Å². The fourth-order valence-electron chi connectivity index (χ4n) is 10.2. The summed E-state index contributed by atoms with van der Waals surface area (Å²) in [6, 6.07) is 0. The summed E-state index contributed by atoms with van der Waals surface area (Å²) in [7, 11) is 0. The molecule has 0 amide bonds. The van der Waals surface area contributed by atoms with Crippen molar-refractivity contribution in [1.82, 2.24) is 0 Å². The van der Waals surface area contributed by atoms with E-state index in [9.17, 15) is 29.4 Å². The van der Waals surface area contributed by atoms with Crippen molar-refractivity contribution in [3.05, 3.63) is 0 Å². The minimum Gasteiger partial charge on any atom is -0.550 e. The normalized spacial score (nSPS) is 11.9. The molecule has 0 N–H and O–H groups in total. The molecule has 0 aliphatic carbocycles. The number of carboxylic acids is 2. The van der Waals surface area contributed by atoms with Gasteiger partial charge in [-0.1, -0.05) is 285 Å². The molecule has 0 saturated heterocycles. The molecule has 0 radical (unpaired) electrons. The van der Waals surface area contributed by atoms with E-state index in [0.29, 0.717) is 25.7 Å². The van der Waals surface area contributed by atoms with Gasteiger partial charge in [0.25, 0.3) is 0 Å². The average molecular weight is 1110 g/mol. The van der Waals surface area contributed by atoms with Crippen LogP contribution in [0.3, 0.4) is 0 Å². The van der Waals surface area contributed by atoms with Gasteiger partial charge in [0.2, 0.25) is 0 Å². The van der Waals surface area contributed by atoms with Gasteiger partial charge in [-0.2, -0.15) is 0 Å². The zero-order valence-electron chi connectivity index (χ0n) is 50.7. The number of esters is 2. The van der Waals surface area contributed by atoms with Gasteiger partial charge in [0.15, 0.2) is 0 Å². The van der Waals surface area contributed by atoms with Crippen LogP contribution in [0, 0.1) is 0 Å². The van der Waals surface area contributed by atoms with Crippen molar-refractivity contribution >= 4 is 23.9 Å². The average Bonchev–Trinajstić information content (AvgIpc) is 3.37. The third kappa shape index (κ3) is 68.6. The summed E-state index contributed by atoms with van der Waals surface area (Å²) in [5.74, 6) is -1.91. The number of unbranched alkanes of at least 4 members (excludes halogenated alkanes) is 42. The van der Waals surface area contributed by atoms with Crippen molar-refractivity contribution in [2.24, 2.45) is 0 Å². The molecular weight excluding hydrogens is 986 g/mol. The first-order valence-electron chi connectivity index (χ1n) is 33.0. The van der Waals surface area contributed by atoms with Crippen LogP contribution >= 0.6 is 0 Å². The number of hydrogen-bond acceptors (Lipinski definition) is 8. The second kappa shape index (κ2) is 66.8. The maximum Gasteiger partial charge on any atom is 2.00 e. The van der Waals surface area contributed by atoms with E-state index in [2.05, 4.69) is 27.7 Å². The van der Waals surface area contributed by atoms with Crippen LogP contribution < -0.4 is 10.2 Å². The summed E-state index contributed by atoms with van der Waals surface area (Å²) >= 11 is 0. The van der Waals surface area contributed by atoms with E-state index in [-0.39, 0.29) is 56.5 Å². The summed E-state index contributed by atoms with van der Waals surface area (Å²) < 4.78 is 11.9. The molecule has 0 aliphatic rings. The van der Waals surface area contributed by atoms with Gasteiger partial charge in [0.1, 0.15) is 12.2 Å². The van der Waals surface area contributed by atoms with E-state index in [0.717, 1.165) is 116 Å². The van der Waals surface area contributed by atoms with E-state index in [1.807, 2.05) is 0 Å². The molecule has 0 spiro atoms. The molecule has 2 atom stereocenters. The van der Waals surface area contributed by atoms with Crippen LogP contribution in [0.1, 0.15) is 387 Å². The molecule has 0 rings (SSSR count). The first-order chi connectivity index (χ1) is 36.2. The molecule has 0 aromatic carbocycles. The third-order valence-electron chi connectivity index (χ3n) is 15.1. The Hall–Kier alpha value is -1.50. The van der Waals surface area contributed by atoms with Crippen LogP contribution in [0.4, 0.5) is 0 Å². The number of ether oxygens (including phenoxy) is 2. The molecule has 2 unspecified atom stereocenters. The topological polar surface area (TPSA) is 133 Å². The van der Waals surface area contributed by atoms with Crippen molar-refractivity contribution in [2.45, 2.75) is 399 Å². The zero-order chi connectivity index (χ0) is 54.5. The molecule has 0 aromatic heterocycles. The molecule has 0 aromatic rings. The summed E-state index contributed by atoms with van der Waals surface area (Å²) in [5.41, 5.74) is 0. The van der Waals surface area contributed by atoms with Crippen LogP contribution in [0.25, 0.3) is 0 Å². The second-order valence-electron chi connectivity index (χ2n) is 22.7. The largest absolute Gasteiger partial charge is 2.00 e. The number of carboxylic acid groups (broad SMARTS) is 2. The van der Waals surface area contributed by atoms with Crippen molar-refractivity contribution < 1.29 is 58.3 Å². The van der Waals surface area contributed by atoms with E-state index < -0.39 is 11.9 Å².